The van der Waals surface area contributed by atoms with Gasteiger partial charge in [0.05, 0.1) is 11.3 Å². The second-order valence-corrected chi connectivity index (χ2v) is 4.54. The molecule has 0 saturated carbocycles. The topological polar surface area (TPSA) is 42.2 Å². The summed E-state index contributed by atoms with van der Waals surface area (Å²) in [4.78, 5) is 10.5. The number of carboxylic acid groups (broad SMARTS) is 1. The molecule has 0 fully saturated rings. The summed E-state index contributed by atoms with van der Waals surface area (Å²) in [5.74, 6) is -1.13. The molecule has 0 saturated heterocycles. The largest absolute Gasteiger partial charge is 0.478 e. The molecular formula is C15H12F3NO2. The maximum atomic E-state index is 12.8. The first-order valence-corrected chi connectivity index (χ1v) is 6.04. The van der Waals surface area contributed by atoms with E-state index in [1.54, 1.807) is 31.3 Å². The number of carbonyl (C=O) groups is 1. The van der Waals surface area contributed by atoms with Crippen LogP contribution < -0.4 is 0 Å². The minimum atomic E-state index is -4.42. The van der Waals surface area contributed by atoms with E-state index in [1.165, 1.54) is 10.8 Å². The summed E-state index contributed by atoms with van der Waals surface area (Å²) < 4.78 is 40.0. The molecule has 1 heterocycles. The van der Waals surface area contributed by atoms with Gasteiger partial charge >= 0.3 is 12.1 Å². The summed E-state index contributed by atoms with van der Waals surface area (Å²) >= 11 is 0. The Hall–Kier alpha value is -2.50. The van der Waals surface area contributed by atoms with Crippen molar-refractivity contribution < 1.29 is 23.1 Å². The van der Waals surface area contributed by atoms with Crippen molar-refractivity contribution >= 4 is 12.2 Å². The summed E-state index contributed by atoms with van der Waals surface area (Å²) in [7, 11) is 0. The second-order valence-electron chi connectivity index (χ2n) is 4.54. The van der Waals surface area contributed by atoms with Gasteiger partial charge in [-0.25, -0.2) is 4.79 Å². The number of aromatic nitrogens is 1. The van der Waals surface area contributed by atoms with Gasteiger partial charge in [0.25, 0.3) is 0 Å². The van der Waals surface area contributed by atoms with Crippen molar-refractivity contribution in [2.24, 2.45) is 0 Å². The number of carboxylic acids is 1. The van der Waals surface area contributed by atoms with Crippen molar-refractivity contribution in [2.45, 2.75) is 13.1 Å². The Morgan fingerprint density at radius 3 is 2.62 bits per heavy atom. The van der Waals surface area contributed by atoms with Gasteiger partial charge in [0.1, 0.15) is 0 Å². The smallest absolute Gasteiger partial charge is 0.416 e. The lowest BCUT2D eigenvalue weighted by Gasteiger charge is -2.11. The van der Waals surface area contributed by atoms with Crippen molar-refractivity contribution in [3.8, 4) is 11.3 Å². The summed E-state index contributed by atoms with van der Waals surface area (Å²) in [6.07, 6.45) is -0.642. The molecule has 0 aliphatic heterocycles. The summed E-state index contributed by atoms with van der Waals surface area (Å²) in [5.41, 5.74) is 0.617. The summed E-state index contributed by atoms with van der Waals surface area (Å²) in [5, 5.41) is 8.62. The molecule has 0 aliphatic carbocycles. The Balaban J connectivity index is 2.51. The van der Waals surface area contributed by atoms with Crippen molar-refractivity contribution in [2.75, 3.05) is 0 Å². The molecular weight excluding hydrogens is 283 g/mol. The van der Waals surface area contributed by atoms with E-state index < -0.39 is 17.7 Å². The van der Waals surface area contributed by atoms with Crippen LogP contribution >= 0.6 is 0 Å². The van der Waals surface area contributed by atoms with Crippen molar-refractivity contribution in [1.29, 1.82) is 0 Å². The number of benzene rings is 1. The van der Waals surface area contributed by atoms with E-state index in [1.807, 2.05) is 0 Å². The predicted molar refractivity (Wildman–Crippen MR) is 72.6 cm³/mol. The zero-order valence-corrected chi connectivity index (χ0v) is 11.1. The third kappa shape index (κ3) is 3.53. The number of nitrogens with zero attached hydrogens (tertiary/aromatic N) is 1. The number of hydrogen-bond acceptors (Lipinski definition) is 1. The number of alkyl halides is 3. The highest BCUT2D eigenvalue weighted by Gasteiger charge is 2.31. The van der Waals surface area contributed by atoms with E-state index in [-0.39, 0.29) is 0 Å². The molecule has 2 aromatic rings. The predicted octanol–water partition coefficient (Wildman–Crippen LogP) is 4.04. The number of aliphatic carboxylic acids is 1. The first kappa shape index (κ1) is 14.9. The number of hydrogen-bond donors (Lipinski definition) is 1. The van der Waals surface area contributed by atoms with Gasteiger partial charge in [0, 0.05) is 18.5 Å². The molecule has 3 nitrogen and oxygen atoms in total. The van der Waals surface area contributed by atoms with Crippen LogP contribution in [0.3, 0.4) is 0 Å². The molecule has 0 amide bonds. The zero-order chi connectivity index (χ0) is 15.6. The van der Waals surface area contributed by atoms with Crippen LogP contribution in [0, 0.1) is 6.92 Å². The van der Waals surface area contributed by atoms with E-state index in [9.17, 15) is 18.0 Å². The van der Waals surface area contributed by atoms with Gasteiger partial charge in [0.2, 0.25) is 0 Å². The van der Waals surface area contributed by atoms with Crippen LogP contribution in [0.4, 0.5) is 13.2 Å². The van der Waals surface area contributed by atoms with Gasteiger partial charge < -0.3 is 9.67 Å². The lowest BCUT2D eigenvalue weighted by atomic mass is 10.0. The molecule has 2 rings (SSSR count). The van der Waals surface area contributed by atoms with E-state index in [0.29, 0.717) is 16.8 Å². The standard InChI is InChI=1S/C15H12F3NO2/c1-10-7-11(9-12(8-10)15(16,17)18)13-3-2-5-19(13)6-4-14(20)21/h2-9H,1H3,(H,20,21)/b6-4-. The third-order valence-corrected chi connectivity index (χ3v) is 2.86. The van der Waals surface area contributed by atoms with Crippen LogP contribution in [0.1, 0.15) is 11.1 Å². The molecule has 0 atom stereocenters. The Labute approximate surface area is 118 Å². The fourth-order valence-electron chi connectivity index (χ4n) is 2.01. The monoisotopic (exact) mass is 295 g/mol. The van der Waals surface area contributed by atoms with Crippen molar-refractivity contribution in [3.05, 3.63) is 53.7 Å². The number of rotatable bonds is 3. The molecule has 21 heavy (non-hydrogen) atoms. The molecule has 0 unspecified atom stereocenters. The summed E-state index contributed by atoms with van der Waals surface area (Å²) in [6, 6.07) is 7.01. The third-order valence-electron chi connectivity index (χ3n) is 2.86. The maximum absolute atomic E-state index is 12.8. The second kappa shape index (κ2) is 5.47. The van der Waals surface area contributed by atoms with Gasteiger partial charge in [-0.15, -0.1) is 0 Å². The van der Waals surface area contributed by atoms with E-state index in [4.69, 9.17) is 5.11 Å². The first-order chi connectivity index (χ1) is 9.77. The zero-order valence-electron chi connectivity index (χ0n) is 11.1. The minimum Gasteiger partial charge on any atom is -0.478 e. The van der Waals surface area contributed by atoms with Crippen LogP contribution in [0.15, 0.2) is 42.6 Å². The molecule has 110 valence electrons. The minimum absolute atomic E-state index is 0.377. The molecule has 0 spiro atoms. The van der Waals surface area contributed by atoms with Gasteiger partial charge in [-0.3, -0.25) is 0 Å². The van der Waals surface area contributed by atoms with Crippen LogP contribution in [-0.2, 0) is 11.0 Å². The van der Waals surface area contributed by atoms with Crippen LogP contribution in [0.5, 0.6) is 0 Å². The van der Waals surface area contributed by atoms with Gasteiger partial charge in [-0.2, -0.15) is 13.2 Å². The number of halogens is 3. The highest BCUT2D eigenvalue weighted by Crippen LogP contribution is 2.33. The van der Waals surface area contributed by atoms with Crippen LogP contribution in [-0.4, -0.2) is 15.6 Å². The average molecular weight is 295 g/mol. The SMILES string of the molecule is Cc1cc(-c2cccn2/C=C\C(=O)O)cc(C(F)(F)F)c1. The summed E-state index contributed by atoms with van der Waals surface area (Å²) in [6.45, 7) is 1.58. The van der Waals surface area contributed by atoms with E-state index >= 15 is 0 Å². The molecule has 0 aliphatic rings. The lowest BCUT2D eigenvalue weighted by molar-refractivity contribution is -0.137. The van der Waals surface area contributed by atoms with Crippen molar-refractivity contribution in [1.82, 2.24) is 4.57 Å². The Morgan fingerprint density at radius 1 is 1.29 bits per heavy atom. The number of aryl methyl sites for hydroxylation is 1. The highest BCUT2D eigenvalue weighted by molar-refractivity contribution is 5.83. The fraction of sp³-hybridized carbons (Fsp3) is 0.133. The Morgan fingerprint density at radius 2 is 2.00 bits per heavy atom. The van der Waals surface area contributed by atoms with Crippen LogP contribution in [0.25, 0.3) is 17.5 Å². The quantitative estimate of drug-likeness (QED) is 0.868. The Bertz CT molecular complexity index is 699. The van der Waals surface area contributed by atoms with Gasteiger partial charge in [-0.1, -0.05) is 0 Å². The van der Waals surface area contributed by atoms with Gasteiger partial charge in [0.15, 0.2) is 0 Å². The lowest BCUT2D eigenvalue weighted by Crippen LogP contribution is -2.05. The molecule has 1 aromatic carbocycles. The molecule has 1 aromatic heterocycles. The average Bonchev–Trinajstić information content (AvgIpc) is 2.82. The highest BCUT2D eigenvalue weighted by atomic mass is 19.4. The maximum Gasteiger partial charge on any atom is 0.416 e. The van der Waals surface area contributed by atoms with E-state index in [0.717, 1.165) is 18.2 Å². The normalized spacial score (nSPS) is 12.0. The van der Waals surface area contributed by atoms with E-state index in [2.05, 4.69) is 0 Å². The molecule has 1 N–H and O–H groups in total. The Kier molecular flexibility index (Phi) is 3.88. The van der Waals surface area contributed by atoms with Gasteiger partial charge in [-0.05, 0) is 48.4 Å². The molecule has 0 radical (unpaired) electrons. The molecule has 0 bridgehead atoms. The first-order valence-electron chi connectivity index (χ1n) is 6.04. The van der Waals surface area contributed by atoms with Crippen molar-refractivity contribution in [3.63, 3.8) is 0 Å². The molecule has 6 heteroatoms. The van der Waals surface area contributed by atoms with Crippen LogP contribution in [0.2, 0.25) is 0 Å². The fourth-order valence-corrected chi connectivity index (χ4v) is 2.01.